The number of benzene rings is 1. The minimum absolute atomic E-state index is 0.0408. The molecule has 0 aliphatic heterocycles. The van der Waals surface area contributed by atoms with Crippen molar-refractivity contribution in [3.63, 3.8) is 0 Å². The summed E-state index contributed by atoms with van der Waals surface area (Å²) < 4.78 is 2.91. The maximum atomic E-state index is 12.0. The molecule has 2 aromatic heterocycles. The lowest BCUT2D eigenvalue weighted by molar-refractivity contribution is -0.118. The number of hydrogen-bond donors (Lipinski definition) is 2. The van der Waals surface area contributed by atoms with Crippen LogP contribution >= 0.6 is 27.7 Å². The number of carbonyl (C=O) groups is 1. The van der Waals surface area contributed by atoms with E-state index in [-0.39, 0.29) is 17.7 Å². The van der Waals surface area contributed by atoms with Crippen molar-refractivity contribution in [3.8, 4) is 0 Å². The fourth-order valence-electron chi connectivity index (χ4n) is 2.48. The average molecular weight is 474 g/mol. The molecule has 1 amide bonds. The zero-order valence-electron chi connectivity index (χ0n) is 15.9. The van der Waals surface area contributed by atoms with Crippen LogP contribution in [0.5, 0.6) is 0 Å². The smallest absolute Gasteiger partial charge is 0.250 e. The van der Waals surface area contributed by atoms with Crippen LogP contribution in [0.15, 0.2) is 63.5 Å². The number of carbonyl (C=O) groups excluding carboxylic acids is 1. The summed E-state index contributed by atoms with van der Waals surface area (Å²) in [6.45, 7) is 2.01. The van der Waals surface area contributed by atoms with E-state index in [0.717, 1.165) is 21.5 Å². The topological polar surface area (TPSA) is 97.1 Å². The molecule has 0 aliphatic carbocycles. The summed E-state index contributed by atoms with van der Waals surface area (Å²) in [6, 6.07) is 11.5. The fraction of sp³-hybridized carbons (Fsp3) is 0.211. The molecule has 8 nitrogen and oxygen atoms in total. The molecule has 0 aliphatic rings. The van der Waals surface area contributed by atoms with E-state index in [9.17, 15) is 4.79 Å². The van der Waals surface area contributed by atoms with Gasteiger partial charge in [-0.25, -0.2) is 5.43 Å². The quantitative estimate of drug-likeness (QED) is 0.295. The molecular weight excluding hydrogens is 454 g/mol. The van der Waals surface area contributed by atoms with E-state index in [2.05, 4.69) is 47.0 Å². The first-order valence-electron chi connectivity index (χ1n) is 8.79. The van der Waals surface area contributed by atoms with Crippen molar-refractivity contribution in [2.75, 3.05) is 11.1 Å². The summed E-state index contributed by atoms with van der Waals surface area (Å²) in [5.74, 6) is 0.747. The van der Waals surface area contributed by atoms with Crippen molar-refractivity contribution in [2.24, 2.45) is 12.1 Å². The summed E-state index contributed by atoms with van der Waals surface area (Å²) in [5.41, 5.74) is 4.30. The molecule has 1 atom stereocenters. The highest BCUT2D eigenvalue weighted by molar-refractivity contribution is 9.10. The lowest BCUT2D eigenvalue weighted by Crippen LogP contribution is -2.20. The molecule has 29 heavy (non-hydrogen) atoms. The van der Waals surface area contributed by atoms with Crippen molar-refractivity contribution < 1.29 is 4.79 Å². The average Bonchev–Trinajstić information content (AvgIpc) is 3.09. The zero-order valence-corrected chi connectivity index (χ0v) is 18.3. The summed E-state index contributed by atoms with van der Waals surface area (Å²) >= 11 is 4.73. The minimum Gasteiger partial charge on any atom is -0.375 e. The van der Waals surface area contributed by atoms with E-state index in [4.69, 9.17) is 0 Å². The van der Waals surface area contributed by atoms with Gasteiger partial charge in [-0.15, -0.1) is 10.2 Å². The van der Waals surface area contributed by atoms with Gasteiger partial charge >= 0.3 is 0 Å². The summed E-state index contributed by atoms with van der Waals surface area (Å²) in [7, 11) is 1.88. The number of hydrazone groups is 1. The van der Waals surface area contributed by atoms with Gasteiger partial charge in [0.2, 0.25) is 0 Å². The number of anilines is 1. The molecular formula is C19H20BrN7OS. The number of hydrogen-bond acceptors (Lipinski definition) is 7. The highest BCUT2D eigenvalue weighted by Gasteiger charge is 2.16. The molecule has 150 valence electrons. The van der Waals surface area contributed by atoms with Crippen LogP contribution in [0.25, 0.3) is 0 Å². The van der Waals surface area contributed by atoms with Crippen LogP contribution in [-0.4, -0.2) is 37.6 Å². The van der Waals surface area contributed by atoms with Crippen LogP contribution in [0.1, 0.15) is 24.4 Å². The Kier molecular flexibility index (Phi) is 7.36. The molecule has 10 heteroatoms. The third-order valence-electron chi connectivity index (χ3n) is 3.90. The summed E-state index contributed by atoms with van der Waals surface area (Å²) in [5, 5.41) is 16.4. The van der Waals surface area contributed by atoms with Gasteiger partial charge in [0.05, 0.1) is 18.0 Å². The van der Waals surface area contributed by atoms with Gasteiger partial charge in [-0.05, 0) is 37.3 Å². The van der Waals surface area contributed by atoms with E-state index in [1.165, 1.54) is 11.8 Å². The second-order valence-corrected chi connectivity index (χ2v) is 8.00. The number of pyridine rings is 1. The zero-order chi connectivity index (χ0) is 20.6. The van der Waals surface area contributed by atoms with Crippen LogP contribution in [0.4, 0.5) is 5.69 Å². The van der Waals surface area contributed by atoms with E-state index >= 15 is 0 Å². The number of amides is 1. The monoisotopic (exact) mass is 473 g/mol. The van der Waals surface area contributed by atoms with Crippen molar-refractivity contribution >= 4 is 45.5 Å². The van der Waals surface area contributed by atoms with Gasteiger partial charge in [0.15, 0.2) is 11.0 Å². The van der Waals surface area contributed by atoms with E-state index in [1.807, 2.05) is 48.9 Å². The maximum Gasteiger partial charge on any atom is 0.250 e. The van der Waals surface area contributed by atoms with E-state index < -0.39 is 0 Å². The number of halogens is 1. The summed E-state index contributed by atoms with van der Waals surface area (Å²) in [4.78, 5) is 16.0. The molecule has 0 bridgehead atoms. The van der Waals surface area contributed by atoms with Gasteiger partial charge in [-0.1, -0.05) is 33.8 Å². The van der Waals surface area contributed by atoms with Crippen LogP contribution in [0.2, 0.25) is 0 Å². The van der Waals surface area contributed by atoms with Crippen LogP contribution < -0.4 is 10.7 Å². The standard InChI is InChI=1S/C19H20BrN7OS/c1-13(23-16-7-5-15(20)6-8-16)18-25-26-19(27(18)2)29-12-17(28)24-22-11-14-4-3-9-21-10-14/h3-11,13,23H,12H2,1-2H3,(H,24,28)/b22-11+. The molecule has 0 spiro atoms. The molecule has 0 saturated heterocycles. The van der Waals surface area contributed by atoms with Crippen molar-refractivity contribution in [1.29, 1.82) is 0 Å². The first-order chi connectivity index (χ1) is 14.0. The van der Waals surface area contributed by atoms with Gasteiger partial charge in [-0.2, -0.15) is 5.10 Å². The predicted molar refractivity (Wildman–Crippen MR) is 118 cm³/mol. The van der Waals surface area contributed by atoms with Gasteiger partial charge in [0.25, 0.3) is 5.91 Å². The van der Waals surface area contributed by atoms with Crippen LogP contribution in [-0.2, 0) is 11.8 Å². The predicted octanol–water partition coefficient (Wildman–Crippen LogP) is 3.39. The van der Waals surface area contributed by atoms with Gasteiger partial charge in [0.1, 0.15) is 0 Å². The molecule has 2 N–H and O–H groups in total. The molecule has 0 radical (unpaired) electrons. The lowest BCUT2D eigenvalue weighted by Gasteiger charge is -2.14. The Bertz CT molecular complexity index is 976. The first kappa shape index (κ1) is 21.0. The number of nitrogens with one attached hydrogen (secondary N) is 2. The largest absolute Gasteiger partial charge is 0.375 e. The SMILES string of the molecule is CC(Nc1ccc(Br)cc1)c1nnc(SCC(=O)N/N=C/c2cccnc2)n1C. The second-order valence-electron chi connectivity index (χ2n) is 6.14. The third kappa shape index (κ3) is 6.13. The molecule has 3 aromatic rings. The number of rotatable bonds is 8. The van der Waals surface area contributed by atoms with Crippen molar-refractivity contribution in [1.82, 2.24) is 25.2 Å². The second kappa shape index (κ2) is 10.2. The van der Waals surface area contributed by atoms with E-state index in [1.54, 1.807) is 24.7 Å². The maximum absolute atomic E-state index is 12.0. The number of thioether (sulfide) groups is 1. The molecule has 0 fully saturated rings. The first-order valence-corrected chi connectivity index (χ1v) is 10.6. The molecule has 1 unspecified atom stereocenters. The fourth-order valence-corrected chi connectivity index (χ4v) is 3.46. The number of aromatic nitrogens is 4. The Morgan fingerprint density at radius 3 is 2.83 bits per heavy atom. The Morgan fingerprint density at radius 1 is 1.31 bits per heavy atom. The Hall–Kier alpha value is -2.72. The van der Waals surface area contributed by atoms with Crippen molar-refractivity contribution in [3.05, 3.63) is 64.7 Å². The highest BCUT2D eigenvalue weighted by Crippen LogP contribution is 2.23. The van der Waals surface area contributed by atoms with E-state index in [0.29, 0.717) is 5.16 Å². The van der Waals surface area contributed by atoms with Gasteiger partial charge < -0.3 is 9.88 Å². The van der Waals surface area contributed by atoms with Gasteiger partial charge in [0, 0.05) is 35.2 Å². The lowest BCUT2D eigenvalue weighted by atomic mass is 10.2. The molecule has 0 saturated carbocycles. The minimum atomic E-state index is -0.222. The molecule has 3 rings (SSSR count). The normalized spacial score (nSPS) is 12.1. The Balaban J connectivity index is 1.51. The van der Waals surface area contributed by atoms with Crippen LogP contribution in [0, 0.1) is 0 Å². The molecule has 1 aromatic carbocycles. The highest BCUT2D eigenvalue weighted by atomic mass is 79.9. The van der Waals surface area contributed by atoms with Crippen molar-refractivity contribution in [2.45, 2.75) is 18.1 Å². The van der Waals surface area contributed by atoms with Crippen LogP contribution in [0.3, 0.4) is 0 Å². The number of nitrogens with zero attached hydrogens (tertiary/aromatic N) is 5. The summed E-state index contributed by atoms with van der Waals surface area (Å²) in [6.07, 6.45) is 4.89. The Morgan fingerprint density at radius 2 is 2.10 bits per heavy atom. The molecule has 2 heterocycles. The Labute approximate surface area is 181 Å². The van der Waals surface area contributed by atoms with Gasteiger partial charge in [-0.3, -0.25) is 9.78 Å². The third-order valence-corrected chi connectivity index (χ3v) is 5.45.